The Hall–Kier alpha value is -1.13. The molecule has 0 amide bonds. The molecule has 0 spiro atoms. The van der Waals surface area contributed by atoms with Gasteiger partial charge in [-0.2, -0.15) is 0 Å². The lowest BCUT2D eigenvalue weighted by molar-refractivity contribution is 0.535. The molecule has 0 aromatic heterocycles. The summed E-state index contributed by atoms with van der Waals surface area (Å²) in [4.78, 5) is 0. The van der Waals surface area contributed by atoms with Crippen molar-refractivity contribution in [2.45, 2.75) is 6.92 Å². The van der Waals surface area contributed by atoms with Crippen molar-refractivity contribution in [3.8, 4) is 0 Å². The minimum Gasteiger partial charge on any atom is -0.399 e. The van der Waals surface area contributed by atoms with Crippen LogP contribution in [0.15, 0.2) is 24.3 Å². The summed E-state index contributed by atoms with van der Waals surface area (Å²) in [6, 6.07) is 7.79. The van der Waals surface area contributed by atoms with Gasteiger partial charge in [0.05, 0.1) is 0 Å². The molecular formula is C7H9BF3N. The zero-order chi connectivity index (χ0) is 9.56. The van der Waals surface area contributed by atoms with Gasteiger partial charge in [0.2, 0.25) is 0 Å². The van der Waals surface area contributed by atoms with E-state index in [0.29, 0.717) is 0 Å². The van der Waals surface area contributed by atoms with Crippen molar-refractivity contribution in [1.82, 2.24) is 0 Å². The van der Waals surface area contributed by atoms with E-state index in [1.54, 1.807) is 0 Å². The van der Waals surface area contributed by atoms with Crippen LogP contribution < -0.4 is 5.73 Å². The van der Waals surface area contributed by atoms with Crippen molar-refractivity contribution in [2.75, 3.05) is 5.73 Å². The van der Waals surface area contributed by atoms with Gasteiger partial charge in [0.15, 0.2) is 0 Å². The van der Waals surface area contributed by atoms with Crippen LogP contribution in [0.5, 0.6) is 0 Å². The number of anilines is 1. The van der Waals surface area contributed by atoms with Gasteiger partial charge >= 0.3 is 7.54 Å². The summed E-state index contributed by atoms with van der Waals surface area (Å²) in [5.41, 5.74) is 7.51. The Morgan fingerprint density at radius 1 is 1.08 bits per heavy atom. The second-order valence-electron chi connectivity index (χ2n) is 2.16. The summed E-state index contributed by atoms with van der Waals surface area (Å²) in [5.74, 6) is 0. The van der Waals surface area contributed by atoms with Gasteiger partial charge in [-0.3, -0.25) is 12.9 Å². The molecule has 1 rings (SSSR count). The molecule has 1 nitrogen and oxygen atoms in total. The highest BCUT2D eigenvalue weighted by molar-refractivity contribution is 6.33. The Morgan fingerprint density at radius 2 is 1.42 bits per heavy atom. The van der Waals surface area contributed by atoms with E-state index in [0.717, 1.165) is 5.69 Å². The Morgan fingerprint density at radius 3 is 1.67 bits per heavy atom. The molecule has 0 aliphatic carbocycles. The highest BCUT2D eigenvalue weighted by Crippen LogP contribution is 2.02. The normalized spacial score (nSPS) is 8.33. The Labute approximate surface area is 69.6 Å². The predicted molar refractivity (Wildman–Crippen MR) is 44.7 cm³/mol. The average Bonchev–Trinajstić information content (AvgIpc) is 1.94. The molecule has 66 valence electrons. The van der Waals surface area contributed by atoms with Crippen molar-refractivity contribution < 1.29 is 12.9 Å². The van der Waals surface area contributed by atoms with Crippen molar-refractivity contribution >= 4 is 13.2 Å². The molecule has 2 N–H and O–H groups in total. The molecular weight excluding hydrogens is 166 g/mol. The van der Waals surface area contributed by atoms with Gasteiger partial charge in [-0.1, -0.05) is 17.7 Å². The van der Waals surface area contributed by atoms with Crippen LogP contribution >= 0.6 is 0 Å². The van der Waals surface area contributed by atoms with Crippen LogP contribution in [0.2, 0.25) is 0 Å². The minimum atomic E-state index is -3.67. The summed E-state index contributed by atoms with van der Waals surface area (Å²) in [7, 11) is -3.67. The summed E-state index contributed by atoms with van der Waals surface area (Å²) < 4.78 is 29.0. The van der Waals surface area contributed by atoms with E-state index in [1.807, 2.05) is 31.2 Å². The van der Waals surface area contributed by atoms with Gasteiger partial charge in [-0.15, -0.1) is 0 Å². The minimum absolute atomic E-state index is 0.829. The summed E-state index contributed by atoms with van der Waals surface area (Å²) in [5, 5.41) is 0. The van der Waals surface area contributed by atoms with E-state index in [9.17, 15) is 12.9 Å². The van der Waals surface area contributed by atoms with E-state index >= 15 is 0 Å². The van der Waals surface area contributed by atoms with Gasteiger partial charge in [0.25, 0.3) is 0 Å². The molecule has 0 fully saturated rings. The fourth-order valence-corrected chi connectivity index (χ4v) is 0.566. The quantitative estimate of drug-likeness (QED) is 0.475. The maximum Gasteiger partial charge on any atom is 0.762 e. The monoisotopic (exact) mass is 175 g/mol. The second kappa shape index (κ2) is 5.52. The van der Waals surface area contributed by atoms with Crippen LogP contribution in [-0.4, -0.2) is 7.54 Å². The van der Waals surface area contributed by atoms with Crippen molar-refractivity contribution in [3.63, 3.8) is 0 Å². The van der Waals surface area contributed by atoms with E-state index < -0.39 is 7.54 Å². The molecule has 0 saturated carbocycles. The fourth-order valence-electron chi connectivity index (χ4n) is 0.566. The van der Waals surface area contributed by atoms with E-state index in [2.05, 4.69) is 0 Å². The number of benzene rings is 1. The number of aryl methyl sites for hydroxylation is 1. The SMILES string of the molecule is Cc1ccc(N)cc1.FB(F)F. The smallest absolute Gasteiger partial charge is 0.399 e. The van der Waals surface area contributed by atoms with Gasteiger partial charge < -0.3 is 5.73 Å². The highest BCUT2D eigenvalue weighted by atomic mass is 19.4. The van der Waals surface area contributed by atoms with Gasteiger partial charge in [-0.05, 0) is 19.1 Å². The van der Waals surface area contributed by atoms with Crippen molar-refractivity contribution in [3.05, 3.63) is 29.8 Å². The average molecular weight is 175 g/mol. The molecule has 0 radical (unpaired) electrons. The summed E-state index contributed by atoms with van der Waals surface area (Å²) in [6.45, 7) is 2.04. The van der Waals surface area contributed by atoms with Crippen LogP contribution in [0, 0.1) is 6.92 Å². The molecule has 0 saturated heterocycles. The van der Waals surface area contributed by atoms with E-state index in [1.165, 1.54) is 5.56 Å². The van der Waals surface area contributed by atoms with Crippen LogP contribution in [0.4, 0.5) is 18.6 Å². The van der Waals surface area contributed by atoms with Crippen LogP contribution in [0.25, 0.3) is 0 Å². The molecule has 0 atom stereocenters. The lowest BCUT2D eigenvalue weighted by atomic mass is 10.2. The van der Waals surface area contributed by atoms with Crippen molar-refractivity contribution in [2.24, 2.45) is 0 Å². The Bertz CT molecular complexity index is 189. The van der Waals surface area contributed by atoms with Gasteiger partial charge in [0.1, 0.15) is 0 Å². The van der Waals surface area contributed by atoms with Crippen molar-refractivity contribution in [1.29, 1.82) is 0 Å². The number of halogens is 3. The second-order valence-corrected chi connectivity index (χ2v) is 2.16. The Kier molecular flexibility index (Phi) is 5.00. The molecule has 1 aromatic carbocycles. The molecule has 0 heterocycles. The van der Waals surface area contributed by atoms with Crippen LogP contribution in [0.1, 0.15) is 5.56 Å². The first kappa shape index (κ1) is 10.9. The lowest BCUT2D eigenvalue weighted by Crippen LogP contribution is -1.81. The number of hydrogen-bond donors (Lipinski definition) is 1. The predicted octanol–water partition coefficient (Wildman–Crippen LogP) is 2.46. The molecule has 1 aromatic rings. The third kappa shape index (κ3) is 6.99. The first-order valence-electron chi connectivity index (χ1n) is 3.26. The van der Waals surface area contributed by atoms with Gasteiger partial charge in [-0.25, -0.2) is 0 Å². The first-order valence-corrected chi connectivity index (χ1v) is 3.26. The zero-order valence-electron chi connectivity index (χ0n) is 6.60. The molecule has 0 unspecified atom stereocenters. The van der Waals surface area contributed by atoms with E-state index in [4.69, 9.17) is 5.73 Å². The van der Waals surface area contributed by atoms with Crippen LogP contribution in [0.3, 0.4) is 0 Å². The number of nitrogen functional groups attached to an aromatic ring is 1. The number of hydrogen-bond acceptors (Lipinski definition) is 1. The summed E-state index contributed by atoms with van der Waals surface area (Å²) >= 11 is 0. The maximum atomic E-state index is 9.67. The number of rotatable bonds is 0. The molecule has 12 heavy (non-hydrogen) atoms. The molecule has 0 aliphatic rings. The highest BCUT2D eigenvalue weighted by Gasteiger charge is 2.06. The standard InChI is InChI=1S/C7H9N.BF3/c1-6-2-4-7(8)5-3-6;2-1(3)4/h2-5H,8H2,1H3;. The largest absolute Gasteiger partial charge is 0.762 e. The Balaban J connectivity index is 0.000000261. The van der Waals surface area contributed by atoms with E-state index in [-0.39, 0.29) is 0 Å². The third-order valence-electron chi connectivity index (χ3n) is 1.08. The zero-order valence-corrected chi connectivity index (χ0v) is 6.60. The fraction of sp³-hybridized carbons (Fsp3) is 0.143. The van der Waals surface area contributed by atoms with Gasteiger partial charge in [0, 0.05) is 5.69 Å². The maximum absolute atomic E-state index is 9.67. The molecule has 0 aliphatic heterocycles. The first-order chi connectivity index (χ1) is 5.52. The molecule has 5 heteroatoms. The van der Waals surface area contributed by atoms with Crippen LogP contribution in [-0.2, 0) is 0 Å². The third-order valence-corrected chi connectivity index (χ3v) is 1.08. The summed E-state index contributed by atoms with van der Waals surface area (Å²) in [6.07, 6.45) is 0. The number of nitrogens with two attached hydrogens (primary N) is 1. The molecule has 0 bridgehead atoms. The topological polar surface area (TPSA) is 26.0 Å². The lowest BCUT2D eigenvalue weighted by Gasteiger charge is -1.90.